The van der Waals surface area contributed by atoms with E-state index in [1.165, 1.54) is 0 Å². The smallest absolute Gasteiger partial charge is 0.488 e. The minimum absolute atomic E-state index is 0.264. The summed E-state index contributed by atoms with van der Waals surface area (Å²) in [5, 5.41) is 18.0. The number of rotatable bonds is 9. The van der Waals surface area contributed by atoms with Crippen molar-refractivity contribution in [1.29, 1.82) is 0 Å². The second-order valence-corrected chi connectivity index (χ2v) is 5.01. The Morgan fingerprint density at radius 2 is 1.70 bits per heavy atom. The van der Waals surface area contributed by atoms with Gasteiger partial charge in [-0.05, 0) is 38.5 Å². The fourth-order valence-electron chi connectivity index (χ4n) is 1.61. The average Bonchev–Trinajstić information content (AvgIpc) is 2.39. The molecule has 5 nitrogen and oxygen atoms in total. The Kier molecular flexibility index (Phi) is 7.61. The van der Waals surface area contributed by atoms with Crippen molar-refractivity contribution in [2.75, 3.05) is 33.4 Å². The van der Waals surface area contributed by atoms with Crippen LogP contribution in [-0.2, 0) is 4.74 Å². The van der Waals surface area contributed by atoms with Gasteiger partial charge in [0.2, 0.25) is 0 Å². The first-order chi connectivity index (χ1) is 9.49. The summed E-state index contributed by atoms with van der Waals surface area (Å²) in [4.78, 5) is 2.15. The molecule has 1 rings (SSSR count). The highest BCUT2D eigenvalue weighted by molar-refractivity contribution is 6.58. The molecule has 112 valence electrons. The molecule has 1 aromatic carbocycles. The van der Waals surface area contributed by atoms with E-state index in [0.717, 1.165) is 25.4 Å². The van der Waals surface area contributed by atoms with Gasteiger partial charge in [-0.1, -0.05) is 12.1 Å². The molecule has 6 heteroatoms. The summed E-state index contributed by atoms with van der Waals surface area (Å²) in [6.07, 6.45) is 0.264. The van der Waals surface area contributed by atoms with Gasteiger partial charge in [0.25, 0.3) is 0 Å². The lowest BCUT2D eigenvalue weighted by atomic mass is 9.80. The van der Waals surface area contributed by atoms with Crippen molar-refractivity contribution in [1.82, 2.24) is 4.90 Å². The number of hydrogen-bond donors (Lipinski definition) is 2. The predicted molar refractivity (Wildman–Crippen MR) is 80.3 cm³/mol. The van der Waals surface area contributed by atoms with Gasteiger partial charge in [-0.15, -0.1) is 0 Å². The van der Waals surface area contributed by atoms with Gasteiger partial charge in [-0.25, -0.2) is 0 Å². The van der Waals surface area contributed by atoms with E-state index >= 15 is 0 Å². The highest BCUT2D eigenvalue weighted by Gasteiger charge is 2.09. The Morgan fingerprint density at radius 1 is 1.10 bits per heavy atom. The summed E-state index contributed by atoms with van der Waals surface area (Å²) in [5.41, 5.74) is 0.459. The Morgan fingerprint density at radius 3 is 2.25 bits per heavy atom. The van der Waals surface area contributed by atoms with Crippen molar-refractivity contribution in [3.05, 3.63) is 24.3 Å². The van der Waals surface area contributed by atoms with E-state index in [0.29, 0.717) is 12.1 Å². The maximum Gasteiger partial charge on any atom is 0.488 e. The van der Waals surface area contributed by atoms with Crippen LogP contribution in [0.5, 0.6) is 5.75 Å². The Hall–Kier alpha value is -1.08. The highest BCUT2D eigenvalue weighted by Crippen LogP contribution is 2.07. The normalized spacial score (nSPS) is 11.2. The van der Waals surface area contributed by atoms with Crippen LogP contribution in [0.15, 0.2) is 24.3 Å². The topological polar surface area (TPSA) is 62.2 Å². The molecule has 0 aliphatic rings. The molecule has 1 aromatic rings. The van der Waals surface area contributed by atoms with Gasteiger partial charge in [0.05, 0.1) is 12.7 Å². The summed E-state index contributed by atoms with van der Waals surface area (Å²) < 4.78 is 11.1. The molecule has 0 fully saturated rings. The Labute approximate surface area is 121 Å². The number of likely N-dealkylation sites (N-methyl/N-ethyl adjacent to an activating group) is 1. The molecule has 20 heavy (non-hydrogen) atoms. The fourth-order valence-corrected chi connectivity index (χ4v) is 1.61. The summed E-state index contributed by atoms with van der Waals surface area (Å²) in [6, 6.07) is 6.74. The predicted octanol–water partition coefficient (Wildman–Crippen LogP) is 0.102. The van der Waals surface area contributed by atoms with Crippen LogP contribution in [0.4, 0.5) is 0 Å². The van der Waals surface area contributed by atoms with E-state index < -0.39 is 7.12 Å². The molecule has 0 aliphatic carbocycles. The number of nitrogens with zero attached hydrogens (tertiary/aromatic N) is 1. The maximum atomic E-state index is 8.98. The third kappa shape index (κ3) is 6.91. The molecular weight excluding hydrogens is 257 g/mol. The highest BCUT2D eigenvalue weighted by atomic mass is 16.5. The minimum Gasteiger partial charge on any atom is -0.492 e. The lowest BCUT2D eigenvalue weighted by molar-refractivity contribution is 0.0616. The van der Waals surface area contributed by atoms with E-state index in [1.54, 1.807) is 24.3 Å². The van der Waals surface area contributed by atoms with E-state index in [2.05, 4.69) is 4.90 Å². The van der Waals surface area contributed by atoms with Crippen molar-refractivity contribution in [3.63, 3.8) is 0 Å². The Bertz CT molecular complexity index is 370. The van der Waals surface area contributed by atoms with E-state index in [-0.39, 0.29) is 6.10 Å². The third-order valence-electron chi connectivity index (χ3n) is 2.84. The Balaban J connectivity index is 2.19. The fraction of sp³-hybridized carbons (Fsp3) is 0.571. The largest absolute Gasteiger partial charge is 0.492 e. The first-order valence-corrected chi connectivity index (χ1v) is 6.88. The first kappa shape index (κ1) is 17.0. The summed E-state index contributed by atoms with van der Waals surface area (Å²) in [7, 11) is 0.592. The van der Waals surface area contributed by atoms with E-state index in [1.807, 2.05) is 20.9 Å². The van der Waals surface area contributed by atoms with Crippen molar-refractivity contribution >= 4 is 12.6 Å². The lowest BCUT2D eigenvalue weighted by Gasteiger charge is -2.17. The SMILES string of the molecule is CC(C)OCCN(C)CCOc1ccc(B(O)O)cc1. The van der Waals surface area contributed by atoms with E-state index in [9.17, 15) is 0 Å². The summed E-state index contributed by atoms with van der Waals surface area (Å²) >= 11 is 0. The van der Waals surface area contributed by atoms with Crippen LogP contribution in [0, 0.1) is 0 Å². The number of benzene rings is 1. The summed E-state index contributed by atoms with van der Waals surface area (Å²) in [5.74, 6) is 0.723. The van der Waals surface area contributed by atoms with Crippen LogP contribution < -0.4 is 10.2 Å². The average molecular weight is 281 g/mol. The van der Waals surface area contributed by atoms with Gasteiger partial charge < -0.3 is 24.4 Å². The lowest BCUT2D eigenvalue weighted by Crippen LogP contribution is -2.29. The molecule has 0 unspecified atom stereocenters. The second-order valence-electron chi connectivity index (χ2n) is 5.01. The zero-order valence-corrected chi connectivity index (χ0v) is 12.5. The molecule has 0 aliphatic heterocycles. The molecule has 0 spiro atoms. The molecule has 0 radical (unpaired) electrons. The maximum absolute atomic E-state index is 8.98. The molecule has 0 amide bonds. The van der Waals surface area contributed by atoms with Gasteiger partial charge in [0.1, 0.15) is 12.4 Å². The molecule has 0 atom stereocenters. The van der Waals surface area contributed by atoms with Gasteiger partial charge in [0.15, 0.2) is 0 Å². The second kappa shape index (κ2) is 8.97. The quantitative estimate of drug-likeness (QED) is 0.629. The van der Waals surface area contributed by atoms with E-state index in [4.69, 9.17) is 19.5 Å². The van der Waals surface area contributed by atoms with Crippen LogP contribution in [0.3, 0.4) is 0 Å². The van der Waals surface area contributed by atoms with Crippen molar-refractivity contribution in [2.45, 2.75) is 20.0 Å². The van der Waals surface area contributed by atoms with Crippen LogP contribution in [0.25, 0.3) is 0 Å². The molecule has 0 saturated carbocycles. The molecule has 0 bridgehead atoms. The molecular formula is C14H24BNO4. The monoisotopic (exact) mass is 281 g/mol. The van der Waals surface area contributed by atoms with Crippen LogP contribution >= 0.6 is 0 Å². The minimum atomic E-state index is -1.43. The van der Waals surface area contributed by atoms with Gasteiger partial charge in [-0.3, -0.25) is 0 Å². The third-order valence-corrected chi connectivity index (χ3v) is 2.84. The zero-order chi connectivity index (χ0) is 15.0. The van der Waals surface area contributed by atoms with Gasteiger partial charge in [-0.2, -0.15) is 0 Å². The van der Waals surface area contributed by atoms with Crippen LogP contribution in [0.1, 0.15) is 13.8 Å². The van der Waals surface area contributed by atoms with Crippen molar-refractivity contribution in [3.8, 4) is 5.75 Å². The van der Waals surface area contributed by atoms with Gasteiger partial charge in [0, 0.05) is 13.1 Å². The zero-order valence-electron chi connectivity index (χ0n) is 12.5. The van der Waals surface area contributed by atoms with Crippen molar-refractivity contribution < 1.29 is 19.5 Å². The van der Waals surface area contributed by atoms with Crippen LogP contribution in [-0.4, -0.2) is 61.5 Å². The number of ether oxygens (including phenoxy) is 2. The van der Waals surface area contributed by atoms with Gasteiger partial charge >= 0.3 is 7.12 Å². The molecule has 2 N–H and O–H groups in total. The first-order valence-electron chi connectivity index (χ1n) is 6.88. The molecule has 0 heterocycles. The van der Waals surface area contributed by atoms with Crippen molar-refractivity contribution in [2.24, 2.45) is 0 Å². The number of hydrogen-bond acceptors (Lipinski definition) is 5. The standard InChI is InChI=1S/C14H24BNO4/c1-12(2)19-10-8-16(3)9-11-20-14-6-4-13(5-7-14)15(17)18/h4-7,12,17-18H,8-11H2,1-3H3. The molecule has 0 saturated heterocycles. The summed E-state index contributed by atoms with van der Waals surface area (Å²) in [6.45, 7) is 7.03. The van der Waals surface area contributed by atoms with Crippen LogP contribution in [0.2, 0.25) is 0 Å². The molecule has 0 aromatic heterocycles.